The number of nitrogens with zero attached hydrogens (tertiary/aromatic N) is 1. The van der Waals surface area contributed by atoms with Gasteiger partial charge in [0.1, 0.15) is 6.42 Å². The standard InChI is InChI=1S/C9H15NO4/c1-4-14-9(13)6-7(11)5-8(12)10(2)3/h4-6H2,1-3H3. The number of rotatable bonds is 5. The quantitative estimate of drug-likeness (QED) is 0.463. The summed E-state index contributed by atoms with van der Waals surface area (Å²) in [5.41, 5.74) is 0. The number of amides is 1. The summed E-state index contributed by atoms with van der Waals surface area (Å²) in [4.78, 5) is 34.3. The number of carbonyl (C=O) groups is 3. The molecule has 0 N–H and O–H groups in total. The fourth-order valence-corrected chi connectivity index (χ4v) is 0.762. The first-order chi connectivity index (χ1) is 6.47. The van der Waals surface area contributed by atoms with Crippen molar-refractivity contribution in [2.75, 3.05) is 20.7 Å². The fourth-order valence-electron chi connectivity index (χ4n) is 0.762. The van der Waals surface area contributed by atoms with E-state index in [4.69, 9.17) is 0 Å². The summed E-state index contributed by atoms with van der Waals surface area (Å²) in [6.07, 6.45) is -0.570. The van der Waals surface area contributed by atoms with Crippen molar-refractivity contribution in [2.24, 2.45) is 0 Å². The fraction of sp³-hybridized carbons (Fsp3) is 0.667. The van der Waals surface area contributed by atoms with Gasteiger partial charge in [-0.2, -0.15) is 0 Å². The summed E-state index contributed by atoms with van der Waals surface area (Å²) in [5.74, 6) is -1.30. The Morgan fingerprint density at radius 2 is 1.71 bits per heavy atom. The molecule has 0 aromatic heterocycles. The molecule has 1 amide bonds. The molecule has 0 unspecified atom stereocenters. The van der Waals surface area contributed by atoms with Crippen molar-refractivity contribution in [3.63, 3.8) is 0 Å². The molecule has 0 aromatic carbocycles. The molecule has 0 heterocycles. The second-order valence-electron chi connectivity index (χ2n) is 2.99. The van der Waals surface area contributed by atoms with Crippen LogP contribution in [0.25, 0.3) is 0 Å². The number of carbonyl (C=O) groups excluding carboxylic acids is 3. The molecule has 0 radical (unpaired) electrons. The molecule has 0 aliphatic heterocycles. The van der Waals surface area contributed by atoms with Crippen LogP contribution < -0.4 is 0 Å². The second-order valence-corrected chi connectivity index (χ2v) is 2.99. The maximum atomic E-state index is 11.1. The van der Waals surface area contributed by atoms with Crippen LogP contribution >= 0.6 is 0 Å². The van der Waals surface area contributed by atoms with Crippen LogP contribution in [0.15, 0.2) is 0 Å². The van der Waals surface area contributed by atoms with E-state index in [1.54, 1.807) is 21.0 Å². The van der Waals surface area contributed by atoms with Gasteiger partial charge in [0.05, 0.1) is 13.0 Å². The average Bonchev–Trinajstić information content (AvgIpc) is 2.03. The minimum Gasteiger partial charge on any atom is -0.466 e. The lowest BCUT2D eigenvalue weighted by Gasteiger charge is -2.08. The van der Waals surface area contributed by atoms with Crippen molar-refractivity contribution in [3.05, 3.63) is 0 Å². The number of ketones is 1. The topological polar surface area (TPSA) is 63.7 Å². The van der Waals surface area contributed by atoms with Crippen molar-refractivity contribution < 1.29 is 19.1 Å². The summed E-state index contributed by atoms with van der Waals surface area (Å²) >= 11 is 0. The van der Waals surface area contributed by atoms with Gasteiger partial charge in [-0.15, -0.1) is 0 Å². The van der Waals surface area contributed by atoms with Gasteiger partial charge in [-0.1, -0.05) is 0 Å². The average molecular weight is 201 g/mol. The molecule has 0 fully saturated rings. The van der Waals surface area contributed by atoms with Crippen molar-refractivity contribution in [1.82, 2.24) is 4.90 Å². The number of ether oxygens (including phenoxy) is 1. The summed E-state index contributed by atoms with van der Waals surface area (Å²) in [6.45, 7) is 1.90. The van der Waals surface area contributed by atoms with Crippen LogP contribution in [0.1, 0.15) is 19.8 Å². The zero-order valence-electron chi connectivity index (χ0n) is 8.70. The van der Waals surface area contributed by atoms with E-state index in [-0.39, 0.29) is 25.4 Å². The molecular formula is C9H15NO4. The van der Waals surface area contributed by atoms with Gasteiger partial charge in [0.25, 0.3) is 0 Å². The van der Waals surface area contributed by atoms with Gasteiger partial charge in [-0.3, -0.25) is 14.4 Å². The maximum Gasteiger partial charge on any atom is 0.313 e. The molecule has 0 saturated heterocycles. The Kier molecular flexibility index (Phi) is 5.52. The van der Waals surface area contributed by atoms with Crippen molar-refractivity contribution in [1.29, 1.82) is 0 Å². The molecule has 0 bridgehead atoms. The lowest BCUT2D eigenvalue weighted by atomic mass is 10.2. The van der Waals surface area contributed by atoms with Gasteiger partial charge in [0, 0.05) is 14.1 Å². The highest BCUT2D eigenvalue weighted by atomic mass is 16.5. The minimum atomic E-state index is -0.580. The molecular weight excluding hydrogens is 186 g/mol. The number of hydrogen-bond donors (Lipinski definition) is 0. The SMILES string of the molecule is CCOC(=O)CC(=O)CC(=O)N(C)C. The summed E-state index contributed by atoms with van der Waals surface area (Å²) < 4.78 is 4.57. The van der Waals surface area contributed by atoms with Gasteiger partial charge in [-0.25, -0.2) is 0 Å². The van der Waals surface area contributed by atoms with Crippen molar-refractivity contribution >= 4 is 17.7 Å². The zero-order valence-corrected chi connectivity index (χ0v) is 8.70. The Balaban J connectivity index is 3.87. The van der Waals surface area contributed by atoms with E-state index < -0.39 is 11.8 Å². The lowest BCUT2D eigenvalue weighted by Crippen LogP contribution is -2.25. The van der Waals surface area contributed by atoms with Crippen LogP contribution in [0.4, 0.5) is 0 Å². The minimum absolute atomic E-state index is 0.244. The van der Waals surface area contributed by atoms with Gasteiger partial charge in [0.15, 0.2) is 5.78 Å². The van der Waals surface area contributed by atoms with Crippen LogP contribution in [0.2, 0.25) is 0 Å². The third kappa shape index (κ3) is 5.29. The maximum absolute atomic E-state index is 11.1. The van der Waals surface area contributed by atoms with Gasteiger partial charge in [-0.05, 0) is 6.92 Å². The number of Topliss-reactive ketones (excluding diaryl/α,β-unsaturated/α-hetero) is 1. The van der Waals surface area contributed by atoms with Gasteiger partial charge >= 0.3 is 5.97 Å². The Morgan fingerprint density at radius 3 is 2.14 bits per heavy atom. The number of hydrogen-bond acceptors (Lipinski definition) is 4. The van der Waals surface area contributed by atoms with E-state index >= 15 is 0 Å². The second kappa shape index (κ2) is 6.12. The smallest absolute Gasteiger partial charge is 0.313 e. The highest BCUT2D eigenvalue weighted by Gasteiger charge is 2.15. The molecule has 0 aliphatic carbocycles. The third-order valence-corrected chi connectivity index (χ3v) is 1.49. The zero-order chi connectivity index (χ0) is 11.1. The highest BCUT2D eigenvalue weighted by Crippen LogP contribution is 1.96. The van der Waals surface area contributed by atoms with E-state index in [2.05, 4.69) is 4.74 Å². The highest BCUT2D eigenvalue weighted by molar-refractivity contribution is 6.04. The molecule has 0 saturated carbocycles. The van der Waals surface area contributed by atoms with Crippen molar-refractivity contribution in [3.8, 4) is 0 Å². The number of esters is 1. The third-order valence-electron chi connectivity index (χ3n) is 1.49. The molecule has 0 atom stereocenters. The largest absolute Gasteiger partial charge is 0.466 e. The predicted molar refractivity (Wildman–Crippen MR) is 49.6 cm³/mol. The molecule has 80 valence electrons. The van der Waals surface area contributed by atoms with Crippen LogP contribution in [-0.4, -0.2) is 43.3 Å². The summed E-state index contributed by atoms with van der Waals surface area (Å²) in [5, 5.41) is 0. The molecule has 5 heteroatoms. The van der Waals surface area contributed by atoms with Crippen LogP contribution in [0.3, 0.4) is 0 Å². The van der Waals surface area contributed by atoms with E-state index in [1.165, 1.54) is 4.90 Å². The van der Waals surface area contributed by atoms with E-state index in [9.17, 15) is 14.4 Å². The van der Waals surface area contributed by atoms with Crippen LogP contribution in [0, 0.1) is 0 Å². The molecule has 5 nitrogen and oxygen atoms in total. The first-order valence-corrected chi connectivity index (χ1v) is 4.34. The van der Waals surface area contributed by atoms with Crippen LogP contribution in [-0.2, 0) is 19.1 Å². The molecule has 0 spiro atoms. The Hall–Kier alpha value is -1.39. The Bertz CT molecular complexity index is 235. The molecule has 0 aliphatic rings. The van der Waals surface area contributed by atoms with Crippen molar-refractivity contribution in [2.45, 2.75) is 19.8 Å². The predicted octanol–water partition coefficient (Wildman–Crippen LogP) is -0.0130. The Labute approximate surface area is 83.0 Å². The Morgan fingerprint density at radius 1 is 1.14 bits per heavy atom. The van der Waals surface area contributed by atoms with E-state index in [0.717, 1.165) is 0 Å². The normalized spacial score (nSPS) is 9.36. The van der Waals surface area contributed by atoms with Gasteiger partial charge in [0.2, 0.25) is 5.91 Å². The molecule has 0 aromatic rings. The van der Waals surface area contributed by atoms with Gasteiger partial charge < -0.3 is 9.64 Å². The van der Waals surface area contributed by atoms with E-state index in [0.29, 0.717) is 0 Å². The first-order valence-electron chi connectivity index (χ1n) is 4.34. The first kappa shape index (κ1) is 12.6. The summed E-state index contributed by atoms with van der Waals surface area (Å²) in [6, 6.07) is 0. The molecule has 0 rings (SSSR count). The molecule has 14 heavy (non-hydrogen) atoms. The van der Waals surface area contributed by atoms with E-state index in [1.807, 2.05) is 0 Å². The van der Waals surface area contributed by atoms with Crippen LogP contribution in [0.5, 0.6) is 0 Å². The lowest BCUT2D eigenvalue weighted by molar-refractivity contribution is -0.146. The monoisotopic (exact) mass is 201 g/mol. The summed E-state index contributed by atoms with van der Waals surface area (Å²) in [7, 11) is 3.11.